The van der Waals surface area contributed by atoms with Gasteiger partial charge in [0.1, 0.15) is 17.3 Å². The van der Waals surface area contributed by atoms with Gasteiger partial charge in [0, 0.05) is 38.7 Å². The first-order valence-electron chi connectivity index (χ1n) is 10.2. The summed E-state index contributed by atoms with van der Waals surface area (Å²) in [5, 5.41) is 0. The summed E-state index contributed by atoms with van der Waals surface area (Å²) in [6.07, 6.45) is 1.50. The lowest BCUT2D eigenvalue weighted by Gasteiger charge is -2.33. The zero-order chi connectivity index (χ0) is 19.9. The number of nitrogens with zero attached hydrogens (tertiary/aromatic N) is 4. The minimum atomic E-state index is -4.47. The van der Waals surface area contributed by atoms with E-state index in [1.807, 2.05) is 9.80 Å². The van der Waals surface area contributed by atoms with Gasteiger partial charge in [-0.3, -0.25) is 4.79 Å². The largest absolute Gasteiger partial charge is 0.433 e. The highest BCUT2D eigenvalue weighted by molar-refractivity contribution is 5.76. The number of hydrogen-bond donors (Lipinski definition) is 0. The summed E-state index contributed by atoms with van der Waals surface area (Å²) in [6, 6.07) is 1.03. The molecule has 8 heteroatoms. The third-order valence-corrected chi connectivity index (χ3v) is 6.60. The quantitative estimate of drug-likeness (QED) is 0.782. The third kappa shape index (κ3) is 4.10. The molecule has 154 valence electrons. The number of likely N-dealkylation sites (tertiary alicyclic amines) is 1. The maximum Gasteiger partial charge on any atom is 0.433 e. The molecule has 2 unspecified atom stereocenters. The van der Waals surface area contributed by atoms with Gasteiger partial charge in [-0.15, -0.1) is 0 Å². The number of aryl methyl sites for hydroxylation is 1. The molecule has 2 atom stereocenters. The van der Waals surface area contributed by atoms with Gasteiger partial charge in [0.05, 0.1) is 0 Å². The number of aromatic nitrogens is 2. The summed E-state index contributed by atoms with van der Waals surface area (Å²) in [5.74, 6) is 2.42. The summed E-state index contributed by atoms with van der Waals surface area (Å²) in [4.78, 5) is 24.3. The lowest BCUT2D eigenvalue weighted by Crippen LogP contribution is -2.37. The number of fused-ring (bicyclic) bond motifs is 1. The van der Waals surface area contributed by atoms with Crippen LogP contribution in [0.2, 0.25) is 0 Å². The van der Waals surface area contributed by atoms with Crippen LogP contribution in [0.15, 0.2) is 6.07 Å². The molecule has 3 aliphatic rings. The maximum absolute atomic E-state index is 13.0. The fourth-order valence-corrected chi connectivity index (χ4v) is 5.04. The van der Waals surface area contributed by atoms with Crippen molar-refractivity contribution in [1.82, 2.24) is 14.9 Å². The third-order valence-electron chi connectivity index (χ3n) is 6.60. The van der Waals surface area contributed by atoms with Crippen LogP contribution in [0.5, 0.6) is 0 Å². The SMILES string of the molecule is Cc1nc(N2CCC(CC(=O)N3CC4CCCC4C3)CC2)cc(C(F)(F)F)n1. The van der Waals surface area contributed by atoms with Crippen LogP contribution >= 0.6 is 0 Å². The number of piperidine rings is 1. The molecule has 3 fully saturated rings. The second-order valence-corrected chi connectivity index (χ2v) is 8.54. The molecule has 3 heterocycles. The molecule has 1 aromatic heterocycles. The van der Waals surface area contributed by atoms with Crippen LogP contribution in [0.4, 0.5) is 19.0 Å². The molecule has 2 aliphatic heterocycles. The summed E-state index contributed by atoms with van der Waals surface area (Å²) in [7, 11) is 0. The standard InChI is InChI=1S/C20H27F3N4O/c1-13-24-17(20(21,22)23)10-18(25-13)26-7-5-14(6-8-26)9-19(28)27-11-15-3-2-4-16(15)12-27/h10,14-16H,2-9,11-12H2,1H3. The van der Waals surface area contributed by atoms with E-state index in [1.54, 1.807) is 0 Å². The van der Waals surface area contributed by atoms with Crippen molar-refractivity contribution in [3.05, 3.63) is 17.6 Å². The van der Waals surface area contributed by atoms with Crippen molar-refractivity contribution >= 4 is 11.7 Å². The predicted octanol–water partition coefficient (Wildman–Crippen LogP) is 3.67. The van der Waals surface area contributed by atoms with E-state index < -0.39 is 11.9 Å². The van der Waals surface area contributed by atoms with Gasteiger partial charge >= 0.3 is 6.18 Å². The highest BCUT2D eigenvalue weighted by atomic mass is 19.4. The summed E-state index contributed by atoms with van der Waals surface area (Å²) < 4.78 is 39.0. The Kier molecular flexibility index (Phi) is 5.22. The van der Waals surface area contributed by atoms with E-state index in [4.69, 9.17) is 0 Å². The number of carbonyl (C=O) groups is 1. The topological polar surface area (TPSA) is 49.3 Å². The Bertz CT molecular complexity index is 719. The van der Waals surface area contributed by atoms with Crippen LogP contribution < -0.4 is 4.90 Å². The van der Waals surface area contributed by atoms with Crippen LogP contribution in [0, 0.1) is 24.7 Å². The van der Waals surface area contributed by atoms with Crippen molar-refractivity contribution < 1.29 is 18.0 Å². The van der Waals surface area contributed by atoms with E-state index in [9.17, 15) is 18.0 Å². The number of halogens is 3. The fraction of sp³-hybridized carbons (Fsp3) is 0.750. The summed E-state index contributed by atoms with van der Waals surface area (Å²) in [6.45, 7) is 4.56. The number of anilines is 1. The van der Waals surface area contributed by atoms with Crippen LogP contribution in [0.1, 0.15) is 50.0 Å². The molecule has 1 aliphatic carbocycles. The van der Waals surface area contributed by atoms with Crippen LogP contribution in [0.25, 0.3) is 0 Å². The molecule has 0 radical (unpaired) electrons. The number of hydrogen-bond acceptors (Lipinski definition) is 4. The molecule has 28 heavy (non-hydrogen) atoms. The van der Waals surface area contributed by atoms with E-state index >= 15 is 0 Å². The highest BCUT2D eigenvalue weighted by Gasteiger charge is 2.38. The fourth-order valence-electron chi connectivity index (χ4n) is 5.04. The van der Waals surface area contributed by atoms with E-state index in [-0.39, 0.29) is 11.7 Å². The Morgan fingerprint density at radius 2 is 1.75 bits per heavy atom. The molecule has 1 amide bonds. The molecule has 0 spiro atoms. The van der Waals surface area contributed by atoms with Gasteiger partial charge in [-0.2, -0.15) is 13.2 Å². The first-order chi connectivity index (χ1) is 13.3. The Morgan fingerprint density at radius 1 is 1.11 bits per heavy atom. The molecule has 2 saturated heterocycles. The van der Waals surface area contributed by atoms with E-state index in [2.05, 4.69) is 9.97 Å². The zero-order valence-electron chi connectivity index (χ0n) is 16.2. The van der Waals surface area contributed by atoms with Gasteiger partial charge in [0.15, 0.2) is 0 Å². The summed E-state index contributed by atoms with van der Waals surface area (Å²) in [5.41, 5.74) is -0.896. The van der Waals surface area contributed by atoms with Crippen LogP contribution in [-0.2, 0) is 11.0 Å². The smallest absolute Gasteiger partial charge is 0.356 e. The number of rotatable bonds is 3. The van der Waals surface area contributed by atoms with Crippen molar-refractivity contribution in [2.24, 2.45) is 17.8 Å². The van der Waals surface area contributed by atoms with Gasteiger partial charge < -0.3 is 9.80 Å². The average Bonchev–Trinajstić information content (AvgIpc) is 3.23. The van der Waals surface area contributed by atoms with E-state index in [0.717, 1.165) is 32.0 Å². The second kappa shape index (κ2) is 7.52. The Morgan fingerprint density at radius 3 is 2.36 bits per heavy atom. The normalized spacial score (nSPS) is 26.0. The maximum atomic E-state index is 13.0. The monoisotopic (exact) mass is 396 g/mol. The molecular formula is C20H27F3N4O. The van der Waals surface area contributed by atoms with Crippen LogP contribution in [-0.4, -0.2) is 47.0 Å². The van der Waals surface area contributed by atoms with Gasteiger partial charge in [0.25, 0.3) is 0 Å². The first kappa shape index (κ1) is 19.5. The molecule has 4 rings (SSSR count). The van der Waals surface area contributed by atoms with E-state index in [0.29, 0.717) is 43.1 Å². The Hall–Kier alpha value is -1.86. The van der Waals surface area contributed by atoms with Gasteiger partial charge in [-0.05, 0) is 50.4 Å². The van der Waals surface area contributed by atoms with Crippen molar-refractivity contribution in [2.75, 3.05) is 31.1 Å². The molecule has 0 N–H and O–H groups in total. The molecule has 0 aromatic carbocycles. The van der Waals surface area contributed by atoms with Crippen LogP contribution in [0.3, 0.4) is 0 Å². The van der Waals surface area contributed by atoms with Crippen molar-refractivity contribution in [3.8, 4) is 0 Å². The Balaban J connectivity index is 1.31. The van der Waals surface area contributed by atoms with Crippen molar-refractivity contribution in [1.29, 1.82) is 0 Å². The molecule has 1 saturated carbocycles. The van der Waals surface area contributed by atoms with Gasteiger partial charge in [-0.25, -0.2) is 9.97 Å². The molecular weight excluding hydrogens is 369 g/mol. The molecule has 0 bridgehead atoms. The van der Waals surface area contributed by atoms with Gasteiger partial charge in [-0.1, -0.05) is 6.42 Å². The van der Waals surface area contributed by atoms with Crippen molar-refractivity contribution in [3.63, 3.8) is 0 Å². The Labute approximate surface area is 163 Å². The predicted molar refractivity (Wildman–Crippen MR) is 98.7 cm³/mol. The summed E-state index contributed by atoms with van der Waals surface area (Å²) >= 11 is 0. The minimum Gasteiger partial charge on any atom is -0.356 e. The van der Waals surface area contributed by atoms with Gasteiger partial charge in [0.2, 0.25) is 5.91 Å². The first-order valence-corrected chi connectivity index (χ1v) is 10.2. The number of amides is 1. The van der Waals surface area contributed by atoms with Crippen molar-refractivity contribution in [2.45, 2.75) is 51.6 Å². The zero-order valence-corrected chi connectivity index (χ0v) is 16.2. The molecule has 1 aromatic rings. The number of alkyl halides is 3. The lowest BCUT2D eigenvalue weighted by atomic mass is 9.93. The number of carbonyl (C=O) groups excluding carboxylic acids is 1. The highest BCUT2D eigenvalue weighted by Crippen LogP contribution is 2.38. The minimum absolute atomic E-state index is 0.127. The average molecular weight is 396 g/mol. The second-order valence-electron chi connectivity index (χ2n) is 8.54. The molecule has 5 nitrogen and oxygen atoms in total. The van der Waals surface area contributed by atoms with E-state index in [1.165, 1.54) is 26.2 Å². The lowest BCUT2D eigenvalue weighted by molar-refractivity contribution is -0.141.